The van der Waals surface area contributed by atoms with E-state index in [0.29, 0.717) is 13.0 Å². The van der Waals surface area contributed by atoms with Gasteiger partial charge in [-0.1, -0.05) is 25.1 Å². The Balaban J connectivity index is 1.50. The molecule has 1 atom stereocenters. The predicted octanol–water partition coefficient (Wildman–Crippen LogP) is 3.34. The molecule has 0 aliphatic rings. The van der Waals surface area contributed by atoms with Crippen LogP contribution in [0, 0.1) is 0 Å². The maximum atomic E-state index is 12.2. The van der Waals surface area contributed by atoms with E-state index in [2.05, 4.69) is 15.6 Å². The zero-order chi connectivity index (χ0) is 18.4. The SMILES string of the molecule is CC[C@@H](NC(=O)NCCc1cn2ccccc2n1)c1ccc(OC)cc1. The third-order valence-electron chi connectivity index (χ3n) is 4.31. The van der Waals surface area contributed by atoms with E-state index in [1.54, 1.807) is 7.11 Å². The van der Waals surface area contributed by atoms with Crippen molar-refractivity contribution in [3.63, 3.8) is 0 Å². The fourth-order valence-electron chi connectivity index (χ4n) is 2.88. The van der Waals surface area contributed by atoms with E-state index in [0.717, 1.165) is 29.1 Å². The molecule has 0 spiro atoms. The van der Waals surface area contributed by atoms with E-state index < -0.39 is 0 Å². The molecule has 0 saturated heterocycles. The lowest BCUT2D eigenvalue weighted by atomic mass is 10.0. The normalized spacial score (nSPS) is 11.9. The van der Waals surface area contributed by atoms with Gasteiger partial charge < -0.3 is 19.8 Å². The lowest BCUT2D eigenvalue weighted by molar-refractivity contribution is 0.237. The summed E-state index contributed by atoms with van der Waals surface area (Å²) in [5, 5.41) is 5.93. The average molecular weight is 352 g/mol. The number of carbonyl (C=O) groups excluding carboxylic acids is 1. The summed E-state index contributed by atoms with van der Waals surface area (Å²) in [7, 11) is 1.64. The summed E-state index contributed by atoms with van der Waals surface area (Å²) in [5.74, 6) is 0.806. The number of nitrogens with zero attached hydrogens (tertiary/aromatic N) is 2. The molecular formula is C20H24N4O2. The number of methoxy groups -OCH3 is 1. The minimum Gasteiger partial charge on any atom is -0.497 e. The zero-order valence-corrected chi connectivity index (χ0v) is 15.1. The Morgan fingerprint density at radius 3 is 2.73 bits per heavy atom. The first-order chi connectivity index (χ1) is 12.7. The van der Waals surface area contributed by atoms with E-state index >= 15 is 0 Å². The Bertz CT molecular complexity index is 825. The molecule has 0 aliphatic heterocycles. The van der Waals surface area contributed by atoms with E-state index in [-0.39, 0.29) is 12.1 Å². The second kappa shape index (κ2) is 8.38. The monoisotopic (exact) mass is 352 g/mol. The Hall–Kier alpha value is -3.02. The molecule has 3 rings (SSSR count). The van der Waals surface area contributed by atoms with Crippen molar-refractivity contribution >= 4 is 11.7 Å². The number of hydrogen-bond acceptors (Lipinski definition) is 3. The first kappa shape index (κ1) is 17.8. The van der Waals surface area contributed by atoms with Crippen LogP contribution in [0.3, 0.4) is 0 Å². The number of fused-ring (bicyclic) bond motifs is 1. The van der Waals surface area contributed by atoms with Gasteiger partial charge in [-0.05, 0) is 36.2 Å². The molecule has 0 bridgehead atoms. The van der Waals surface area contributed by atoms with E-state index in [9.17, 15) is 4.79 Å². The summed E-state index contributed by atoms with van der Waals surface area (Å²) in [5.41, 5.74) is 2.93. The topological polar surface area (TPSA) is 67.7 Å². The number of aromatic nitrogens is 2. The van der Waals surface area contributed by atoms with Gasteiger partial charge in [-0.15, -0.1) is 0 Å². The van der Waals surface area contributed by atoms with Crippen molar-refractivity contribution in [2.24, 2.45) is 0 Å². The second-order valence-corrected chi connectivity index (χ2v) is 6.08. The molecule has 136 valence electrons. The van der Waals surface area contributed by atoms with Crippen molar-refractivity contribution in [2.75, 3.05) is 13.7 Å². The molecule has 3 aromatic rings. The van der Waals surface area contributed by atoms with Gasteiger partial charge >= 0.3 is 6.03 Å². The third kappa shape index (κ3) is 4.33. The molecule has 0 fully saturated rings. The summed E-state index contributed by atoms with van der Waals surface area (Å²) >= 11 is 0. The first-order valence-corrected chi connectivity index (χ1v) is 8.80. The number of ether oxygens (including phenoxy) is 1. The van der Waals surface area contributed by atoms with Gasteiger partial charge in [0.1, 0.15) is 11.4 Å². The maximum Gasteiger partial charge on any atom is 0.315 e. The molecule has 0 aliphatic carbocycles. The summed E-state index contributed by atoms with van der Waals surface area (Å²) < 4.78 is 7.15. The minimum absolute atomic E-state index is 0.0314. The number of urea groups is 1. The molecule has 2 N–H and O–H groups in total. The number of amides is 2. The predicted molar refractivity (Wildman–Crippen MR) is 101 cm³/mol. The first-order valence-electron chi connectivity index (χ1n) is 8.80. The molecule has 2 amide bonds. The van der Waals surface area contributed by atoms with Gasteiger partial charge in [0.2, 0.25) is 0 Å². The van der Waals surface area contributed by atoms with Gasteiger partial charge in [-0.25, -0.2) is 9.78 Å². The summed E-state index contributed by atoms with van der Waals surface area (Å²) in [6.45, 7) is 2.58. The largest absolute Gasteiger partial charge is 0.497 e. The van der Waals surface area contributed by atoms with Crippen molar-refractivity contribution in [1.29, 1.82) is 0 Å². The van der Waals surface area contributed by atoms with Crippen LogP contribution in [0.1, 0.15) is 30.6 Å². The fraction of sp³-hybridized carbons (Fsp3) is 0.300. The Kier molecular flexibility index (Phi) is 5.73. The second-order valence-electron chi connectivity index (χ2n) is 6.08. The number of nitrogens with one attached hydrogen (secondary N) is 2. The highest BCUT2D eigenvalue weighted by Crippen LogP contribution is 2.19. The summed E-state index contributed by atoms with van der Waals surface area (Å²) in [6, 6.07) is 13.4. The lowest BCUT2D eigenvalue weighted by Gasteiger charge is -2.18. The number of benzene rings is 1. The van der Waals surface area contributed by atoms with Crippen LogP contribution in [-0.4, -0.2) is 29.1 Å². The third-order valence-corrected chi connectivity index (χ3v) is 4.31. The van der Waals surface area contributed by atoms with Crippen molar-refractivity contribution in [3.8, 4) is 5.75 Å². The summed E-state index contributed by atoms with van der Waals surface area (Å²) in [6.07, 6.45) is 5.45. The smallest absolute Gasteiger partial charge is 0.315 e. The van der Waals surface area contributed by atoms with Crippen LogP contribution in [-0.2, 0) is 6.42 Å². The van der Waals surface area contributed by atoms with Crippen LogP contribution < -0.4 is 15.4 Å². The van der Waals surface area contributed by atoms with Gasteiger partial charge in [0, 0.05) is 25.4 Å². The standard InChI is InChI=1S/C20H24N4O2/c1-3-18(15-7-9-17(26-2)10-8-15)23-20(25)21-12-11-16-14-24-13-5-4-6-19(24)22-16/h4-10,13-14,18H,3,11-12H2,1-2H3,(H2,21,23,25)/t18-/m1/s1. The highest BCUT2D eigenvalue weighted by atomic mass is 16.5. The van der Waals surface area contributed by atoms with Gasteiger partial charge in [-0.2, -0.15) is 0 Å². The van der Waals surface area contributed by atoms with Crippen LogP contribution >= 0.6 is 0 Å². The zero-order valence-electron chi connectivity index (χ0n) is 15.1. The molecule has 6 heteroatoms. The van der Waals surface area contributed by atoms with Gasteiger partial charge in [0.15, 0.2) is 0 Å². The lowest BCUT2D eigenvalue weighted by Crippen LogP contribution is -2.38. The average Bonchev–Trinajstić information content (AvgIpc) is 3.09. The Morgan fingerprint density at radius 1 is 1.23 bits per heavy atom. The molecule has 0 radical (unpaired) electrons. The van der Waals surface area contributed by atoms with Crippen LogP contribution in [0.2, 0.25) is 0 Å². The maximum absolute atomic E-state index is 12.2. The molecular weight excluding hydrogens is 328 g/mol. The van der Waals surface area contributed by atoms with E-state index in [4.69, 9.17) is 4.74 Å². The van der Waals surface area contributed by atoms with E-state index in [1.165, 1.54) is 0 Å². The quantitative estimate of drug-likeness (QED) is 0.685. The Morgan fingerprint density at radius 2 is 2.04 bits per heavy atom. The van der Waals surface area contributed by atoms with Crippen molar-refractivity contribution in [3.05, 3.63) is 66.1 Å². The number of pyridine rings is 1. The number of carbonyl (C=O) groups is 1. The molecule has 1 aromatic carbocycles. The number of hydrogen-bond donors (Lipinski definition) is 2. The molecule has 2 aromatic heterocycles. The van der Waals surface area contributed by atoms with Gasteiger partial charge in [0.05, 0.1) is 18.8 Å². The van der Waals surface area contributed by atoms with Crippen molar-refractivity contribution in [2.45, 2.75) is 25.8 Å². The summed E-state index contributed by atoms with van der Waals surface area (Å²) in [4.78, 5) is 16.7. The van der Waals surface area contributed by atoms with Crippen LogP contribution in [0.4, 0.5) is 4.79 Å². The molecule has 26 heavy (non-hydrogen) atoms. The molecule has 0 unspecified atom stereocenters. The molecule has 2 heterocycles. The molecule has 6 nitrogen and oxygen atoms in total. The van der Waals surface area contributed by atoms with Gasteiger partial charge in [0.25, 0.3) is 0 Å². The van der Waals surface area contributed by atoms with Crippen LogP contribution in [0.5, 0.6) is 5.75 Å². The fourth-order valence-corrected chi connectivity index (χ4v) is 2.88. The van der Waals surface area contributed by atoms with Crippen molar-refractivity contribution in [1.82, 2.24) is 20.0 Å². The van der Waals surface area contributed by atoms with Crippen LogP contribution in [0.25, 0.3) is 5.65 Å². The molecule has 0 saturated carbocycles. The van der Waals surface area contributed by atoms with Crippen LogP contribution in [0.15, 0.2) is 54.9 Å². The minimum atomic E-state index is -0.170. The Labute approximate surface area is 153 Å². The highest BCUT2D eigenvalue weighted by Gasteiger charge is 2.12. The highest BCUT2D eigenvalue weighted by molar-refractivity contribution is 5.74. The number of imidazole rings is 1. The van der Waals surface area contributed by atoms with Gasteiger partial charge in [-0.3, -0.25) is 0 Å². The van der Waals surface area contributed by atoms with Crippen molar-refractivity contribution < 1.29 is 9.53 Å². The van der Waals surface area contributed by atoms with E-state index in [1.807, 2.05) is 66.2 Å². The number of rotatable bonds is 7.